The Morgan fingerprint density at radius 3 is 2.24 bits per heavy atom. The highest BCUT2D eigenvalue weighted by atomic mass is 19.4. The van der Waals surface area contributed by atoms with Crippen molar-refractivity contribution in [2.75, 3.05) is 5.84 Å². The third kappa shape index (κ3) is 3.40. The lowest BCUT2D eigenvalue weighted by Gasteiger charge is -1.93. The van der Waals surface area contributed by atoms with Gasteiger partial charge < -0.3 is 10.9 Å². The van der Waals surface area contributed by atoms with Crippen molar-refractivity contribution in [3.8, 4) is 0 Å². The molecule has 0 amide bonds. The van der Waals surface area contributed by atoms with E-state index in [-0.39, 0.29) is 0 Å². The Bertz CT molecular complexity index is 519. The molecule has 2 rings (SSSR count). The first-order valence-electron chi connectivity index (χ1n) is 4.43. The zero-order valence-electron chi connectivity index (χ0n) is 8.48. The molecule has 0 atom stereocenters. The molecule has 17 heavy (non-hydrogen) atoms. The molecular formula is C10H9F3N2O2. The molecule has 1 aromatic carbocycles. The number of aromatic nitrogens is 1. The third-order valence-electron chi connectivity index (χ3n) is 1.87. The molecule has 7 heteroatoms. The van der Waals surface area contributed by atoms with E-state index in [1.54, 1.807) is 4.68 Å². The van der Waals surface area contributed by atoms with Gasteiger partial charge in [0.25, 0.3) is 0 Å². The number of carboxylic acids is 1. The lowest BCUT2D eigenvalue weighted by Crippen LogP contribution is -2.21. The van der Waals surface area contributed by atoms with Crippen LogP contribution in [0.4, 0.5) is 13.2 Å². The molecule has 0 saturated carbocycles. The fourth-order valence-corrected chi connectivity index (χ4v) is 1.10. The summed E-state index contributed by atoms with van der Waals surface area (Å²) in [6.07, 6.45) is -3.23. The zero-order chi connectivity index (χ0) is 13.1. The van der Waals surface area contributed by atoms with Crippen LogP contribution in [-0.4, -0.2) is 21.9 Å². The van der Waals surface area contributed by atoms with Crippen LogP contribution >= 0.6 is 0 Å². The van der Waals surface area contributed by atoms with Crippen molar-refractivity contribution in [1.82, 2.24) is 4.68 Å². The number of para-hydroxylation sites is 1. The topological polar surface area (TPSA) is 68.2 Å². The summed E-state index contributed by atoms with van der Waals surface area (Å²) in [4.78, 5) is 8.90. The number of hydrogen-bond donors (Lipinski definition) is 2. The van der Waals surface area contributed by atoms with E-state index < -0.39 is 12.1 Å². The number of benzene rings is 1. The number of carbonyl (C=O) groups is 1. The van der Waals surface area contributed by atoms with Crippen molar-refractivity contribution >= 4 is 16.9 Å². The maximum absolute atomic E-state index is 10.6. The monoisotopic (exact) mass is 246 g/mol. The number of nitrogens with zero attached hydrogens (tertiary/aromatic N) is 1. The van der Waals surface area contributed by atoms with Crippen LogP contribution in [0.15, 0.2) is 36.5 Å². The quantitative estimate of drug-likeness (QED) is 0.698. The van der Waals surface area contributed by atoms with Gasteiger partial charge in [0, 0.05) is 11.6 Å². The number of rotatable bonds is 0. The highest BCUT2D eigenvalue weighted by Crippen LogP contribution is 2.13. The molecule has 0 bridgehead atoms. The van der Waals surface area contributed by atoms with Crippen LogP contribution in [0.3, 0.4) is 0 Å². The van der Waals surface area contributed by atoms with Crippen LogP contribution in [-0.2, 0) is 4.79 Å². The van der Waals surface area contributed by atoms with E-state index >= 15 is 0 Å². The number of aliphatic carboxylic acids is 1. The number of nitrogen functional groups attached to an aromatic ring is 1. The highest BCUT2D eigenvalue weighted by Gasteiger charge is 2.38. The Morgan fingerprint density at radius 1 is 1.24 bits per heavy atom. The molecule has 92 valence electrons. The van der Waals surface area contributed by atoms with E-state index in [0.29, 0.717) is 0 Å². The van der Waals surface area contributed by atoms with Gasteiger partial charge in [0.2, 0.25) is 0 Å². The van der Waals surface area contributed by atoms with Crippen molar-refractivity contribution in [2.24, 2.45) is 0 Å². The summed E-state index contributed by atoms with van der Waals surface area (Å²) in [6, 6.07) is 10.0. The standard InChI is InChI=1S/C8H8N2.C2HF3O2/c9-10-6-5-7-3-1-2-4-8(7)10;3-2(4,5)1(6)7/h1-6H,9H2;(H,6,7). The minimum atomic E-state index is -5.08. The van der Waals surface area contributed by atoms with Gasteiger partial charge in [-0.05, 0) is 12.1 Å². The summed E-state index contributed by atoms with van der Waals surface area (Å²) in [5.41, 5.74) is 1.07. The summed E-state index contributed by atoms with van der Waals surface area (Å²) in [5, 5.41) is 8.31. The average Bonchev–Trinajstić information content (AvgIpc) is 2.61. The highest BCUT2D eigenvalue weighted by molar-refractivity contribution is 5.79. The second-order valence-corrected chi connectivity index (χ2v) is 3.08. The van der Waals surface area contributed by atoms with E-state index in [4.69, 9.17) is 15.7 Å². The van der Waals surface area contributed by atoms with Crippen molar-refractivity contribution < 1.29 is 23.1 Å². The number of nitrogens with two attached hydrogens (primary N) is 1. The van der Waals surface area contributed by atoms with E-state index in [1.165, 1.54) is 5.39 Å². The molecule has 0 saturated heterocycles. The smallest absolute Gasteiger partial charge is 0.475 e. The maximum atomic E-state index is 10.6. The van der Waals surface area contributed by atoms with Crippen LogP contribution in [0.1, 0.15) is 0 Å². The fourth-order valence-electron chi connectivity index (χ4n) is 1.10. The van der Waals surface area contributed by atoms with E-state index in [2.05, 4.69) is 0 Å². The summed E-state index contributed by atoms with van der Waals surface area (Å²) < 4.78 is 33.4. The van der Waals surface area contributed by atoms with Gasteiger partial charge in [-0.25, -0.2) is 4.79 Å². The van der Waals surface area contributed by atoms with Crippen LogP contribution in [0.5, 0.6) is 0 Å². The molecule has 0 aliphatic carbocycles. The number of hydrogen-bond acceptors (Lipinski definition) is 2. The van der Waals surface area contributed by atoms with Crippen LogP contribution < -0.4 is 5.84 Å². The zero-order valence-corrected chi connectivity index (χ0v) is 8.48. The molecule has 0 spiro atoms. The maximum Gasteiger partial charge on any atom is 0.490 e. The second kappa shape index (κ2) is 4.77. The first-order valence-corrected chi connectivity index (χ1v) is 4.43. The molecule has 0 aliphatic heterocycles. The van der Waals surface area contributed by atoms with Gasteiger partial charge in [0.1, 0.15) is 0 Å². The Kier molecular flexibility index (Phi) is 3.62. The third-order valence-corrected chi connectivity index (χ3v) is 1.87. The van der Waals surface area contributed by atoms with Crippen molar-refractivity contribution in [2.45, 2.75) is 6.18 Å². The van der Waals surface area contributed by atoms with Gasteiger partial charge in [-0.3, -0.25) is 4.68 Å². The van der Waals surface area contributed by atoms with Gasteiger partial charge in [0.05, 0.1) is 5.52 Å². The largest absolute Gasteiger partial charge is 0.490 e. The summed E-state index contributed by atoms with van der Waals surface area (Å²) >= 11 is 0. The average molecular weight is 246 g/mol. The molecule has 0 unspecified atom stereocenters. The van der Waals surface area contributed by atoms with Gasteiger partial charge in [-0.15, -0.1) is 0 Å². The first-order chi connectivity index (χ1) is 7.82. The second-order valence-electron chi connectivity index (χ2n) is 3.08. The Labute approximate surface area is 94.0 Å². The fraction of sp³-hybridized carbons (Fsp3) is 0.100. The first kappa shape index (κ1) is 12.9. The molecule has 3 N–H and O–H groups in total. The van der Waals surface area contributed by atoms with Crippen LogP contribution in [0.25, 0.3) is 10.9 Å². The molecule has 0 radical (unpaired) electrons. The van der Waals surface area contributed by atoms with E-state index in [0.717, 1.165) is 5.52 Å². The number of alkyl halides is 3. The minimum Gasteiger partial charge on any atom is -0.475 e. The summed E-state index contributed by atoms with van der Waals surface area (Å²) in [5.74, 6) is 2.84. The summed E-state index contributed by atoms with van der Waals surface area (Å²) in [7, 11) is 0. The molecular weight excluding hydrogens is 237 g/mol. The SMILES string of the molecule is Nn1ccc2ccccc21.O=C(O)C(F)(F)F. The Hall–Kier alpha value is -2.18. The van der Waals surface area contributed by atoms with Gasteiger partial charge in [-0.1, -0.05) is 18.2 Å². The van der Waals surface area contributed by atoms with Crippen molar-refractivity contribution in [3.05, 3.63) is 36.5 Å². The van der Waals surface area contributed by atoms with Crippen molar-refractivity contribution in [1.29, 1.82) is 0 Å². The van der Waals surface area contributed by atoms with Crippen LogP contribution in [0.2, 0.25) is 0 Å². The summed E-state index contributed by atoms with van der Waals surface area (Å²) in [6.45, 7) is 0. The number of fused-ring (bicyclic) bond motifs is 1. The van der Waals surface area contributed by atoms with Gasteiger partial charge in [0.15, 0.2) is 0 Å². The molecule has 0 fully saturated rings. The van der Waals surface area contributed by atoms with Crippen molar-refractivity contribution in [3.63, 3.8) is 0 Å². The predicted molar refractivity (Wildman–Crippen MR) is 55.8 cm³/mol. The van der Waals surface area contributed by atoms with E-state index in [1.807, 2.05) is 36.5 Å². The van der Waals surface area contributed by atoms with Crippen LogP contribution in [0, 0.1) is 0 Å². The molecule has 2 aromatic rings. The predicted octanol–water partition coefficient (Wildman–Crippen LogP) is 1.99. The van der Waals surface area contributed by atoms with E-state index in [9.17, 15) is 13.2 Å². The molecule has 1 heterocycles. The molecule has 0 aliphatic rings. The van der Waals surface area contributed by atoms with Gasteiger partial charge in [-0.2, -0.15) is 13.2 Å². The normalized spacial score (nSPS) is 10.8. The Morgan fingerprint density at radius 2 is 1.76 bits per heavy atom. The Balaban J connectivity index is 0.000000185. The molecule has 4 nitrogen and oxygen atoms in total. The number of carboxylic acid groups (broad SMARTS) is 1. The lowest BCUT2D eigenvalue weighted by molar-refractivity contribution is -0.192. The lowest BCUT2D eigenvalue weighted by atomic mass is 10.3. The minimum absolute atomic E-state index is 1.07. The number of halogens is 3. The molecule has 1 aromatic heterocycles. The van der Waals surface area contributed by atoms with Gasteiger partial charge >= 0.3 is 12.1 Å².